The molecule has 35 heavy (non-hydrogen) atoms. The normalized spacial score (nSPS) is 15.4. The molecule has 1 aliphatic rings. The van der Waals surface area contributed by atoms with Crippen molar-refractivity contribution in [3.63, 3.8) is 0 Å². The first-order valence-corrected chi connectivity index (χ1v) is 11.8. The number of hydrogen-bond acceptors (Lipinski definition) is 6. The van der Waals surface area contributed by atoms with Gasteiger partial charge >= 0.3 is 0 Å². The number of hydrogen-bond donors (Lipinski definition) is 1. The van der Waals surface area contributed by atoms with Crippen LogP contribution in [0.1, 0.15) is 23.6 Å². The quantitative estimate of drug-likeness (QED) is 0.390. The largest absolute Gasteiger partial charge is 0.494 e. The van der Waals surface area contributed by atoms with Crippen molar-refractivity contribution in [2.24, 2.45) is 4.99 Å². The number of nitrogens with one attached hydrogen (secondary N) is 1. The van der Waals surface area contributed by atoms with E-state index in [1.54, 1.807) is 31.4 Å². The van der Waals surface area contributed by atoms with Gasteiger partial charge in [0.25, 0.3) is 5.91 Å². The molecule has 180 valence electrons. The molecular formula is C27H25FN2O4S. The van der Waals surface area contributed by atoms with Gasteiger partial charge in [0.15, 0.2) is 16.7 Å². The van der Waals surface area contributed by atoms with E-state index in [2.05, 4.69) is 10.3 Å². The molecule has 1 fully saturated rings. The van der Waals surface area contributed by atoms with Crippen molar-refractivity contribution in [2.45, 2.75) is 20.5 Å². The Hall–Kier alpha value is -3.78. The molecule has 0 saturated carbocycles. The zero-order valence-electron chi connectivity index (χ0n) is 19.6. The van der Waals surface area contributed by atoms with Crippen molar-refractivity contribution in [3.8, 4) is 17.2 Å². The van der Waals surface area contributed by atoms with Gasteiger partial charge in [0, 0.05) is 0 Å². The number of halogens is 1. The zero-order valence-corrected chi connectivity index (χ0v) is 20.4. The summed E-state index contributed by atoms with van der Waals surface area (Å²) in [5.74, 6) is 1.17. The lowest BCUT2D eigenvalue weighted by Crippen LogP contribution is -2.19. The van der Waals surface area contributed by atoms with E-state index in [0.29, 0.717) is 39.6 Å². The maximum absolute atomic E-state index is 13.4. The SMILES string of the molecule is CCOc1cc(/C=C2\SC(=Nc3cc(C)ccc3OC)NC2=O)ccc1OCc1cccc(F)c1. The molecule has 0 spiro atoms. The van der Waals surface area contributed by atoms with Gasteiger partial charge in [-0.1, -0.05) is 24.3 Å². The molecule has 1 saturated heterocycles. The maximum atomic E-state index is 13.4. The first-order valence-electron chi connectivity index (χ1n) is 11.0. The molecular weight excluding hydrogens is 467 g/mol. The summed E-state index contributed by atoms with van der Waals surface area (Å²) in [5.41, 5.74) is 3.18. The maximum Gasteiger partial charge on any atom is 0.264 e. The molecule has 0 atom stereocenters. The van der Waals surface area contributed by atoms with Crippen molar-refractivity contribution >= 4 is 34.6 Å². The van der Waals surface area contributed by atoms with E-state index in [1.165, 1.54) is 23.9 Å². The summed E-state index contributed by atoms with van der Waals surface area (Å²) in [6, 6.07) is 17.4. The number of nitrogens with zero attached hydrogens (tertiary/aromatic N) is 1. The fraction of sp³-hybridized carbons (Fsp3) is 0.185. The highest BCUT2D eigenvalue weighted by Crippen LogP contribution is 2.34. The lowest BCUT2D eigenvalue weighted by Gasteiger charge is -2.13. The molecule has 1 heterocycles. The number of amidine groups is 1. The van der Waals surface area contributed by atoms with Gasteiger partial charge in [0.2, 0.25) is 0 Å². The van der Waals surface area contributed by atoms with Gasteiger partial charge in [-0.25, -0.2) is 9.38 Å². The standard InChI is InChI=1S/C27H25FN2O4S/c1-4-33-24-14-18(9-11-23(24)34-16-19-6-5-7-20(28)13-19)15-25-26(31)30-27(35-25)29-21-12-17(2)8-10-22(21)32-3/h5-15H,4,16H2,1-3H3,(H,29,30,31)/b25-15-. The van der Waals surface area contributed by atoms with Crippen LogP contribution >= 0.6 is 11.8 Å². The van der Waals surface area contributed by atoms with Crippen molar-refractivity contribution in [1.82, 2.24) is 5.32 Å². The lowest BCUT2D eigenvalue weighted by atomic mass is 10.2. The average molecular weight is 493 g/mol. The van der Waals surface area contributed by atoms with Gasteiger partial charge < -0.3 is 19.5 Å². The molecule has 3 aromatic carbocycles. The summed E-state index contributed by atoms with van der Waals surface area (Å²) >= 11 is 1.25. The second-order valence-corrected chi connectivity index (χ2v) is 8.75. The second kappa shape index (κ2) is 11.1. The van der Waals surface area contributed by atoms with Crippen LogP contribution in [0, 0.1) is 12.7 Å². The number of benzene rings is 3. The monoisotopic (exact) mass is 492 g/mol. The van der Waals surface area contributed by atoms with Crippen LogP contribution in [-0.2, 0) is 11.4 Å². The third kappa shape index (κ3) is 6.22. The van der Waals surface area contributed by atoms with Crippen molar-refractivity contribution in [2.75, 3.05) is 13.7 Å². The predicted molar refractivity (Wildman–Crippen MR) is 137 cm³/mol. The van der Waals surface area contributed by atoms with Crippen LogP contribution < -0.4 is 19.5 Å². The van der Waals surface area contributed by atoms with Crippen LogP contribution in [0.5, 0.6) is 17.2 Å². The Morgan fingerprint density at radius 3 is 2.63 bits per heavy atom. The smallest absolute Gasteiger partial charge is 0.264 e. The molecule has 4 rings (SSSR count). The molecule has 0 aromatic heterocycles. The first-order chi connectivity index (χ1) is 16.9. The van der Waals surface area contributed by atoms with Gasteiger partial charge in [0.1, 0.15) is 23.9 Å². The molecule has 1 aliphatic heterocycles. The summed E-state index contributed by atoms with van der Waals surface area (Å²) in [7, 11) is 1.58. The Balaban J connectivity index is 1.53. The number of rotatable bonds is 8. The minimum absolute atomic E-state index is 0.207. The minimum Gasteiger partial charge on any atom is -0.494 e. The summed E-state index contributed by atoms with van der Waals surface area (Å²) in [5, 5.41) is 3.28. The lowest BCUT2D eigenvalue weighted by molar-refractivity contribution is -0.115. The Morgan fingerprint density at radius 1 is 1.03 bits per heavy atom. The number of aliphatic imine (C=N–C) groups is 1. The molecule has 1 amide bonds. The third-order valence-corrected chi connectivity index (χ3v) is 5.97. The highest BCUT2D eigenvalue weighted by Gasteiger charge is 2.24. The van der Waals surface area contributed by atoms with Crippen LogP contribution in [0.25, 0.3) is 6.08 Å². The Labute approximate surface area is 207 Å². The molecule has 1 N–H and O–H groups in total. The number of methoxy groups -OCH3 is 1. The summed E-state index contributed by atoms with van der Waals surface area (Å²) in [6.07, 6.45) is 1.77. The van der Waals surface area contributed by atoms with E-state index in [4.69, 9.17) is 14.2 Å². The van der Waals surface area contributed by atoms with E-state index < -0.39 is 0 Å². The van der Waals surface area contributed by atoms with Gasteiger partial charge in [-0.15, -0.1) is 0 Å². The number of aryl methyl sites for hydroxylation is 1. The van der Waals surface area contributed by atoms with E-state index in [1.807, 2.05) is 44.2 Å². The number of ether oxygens (including phenoxy) is 3. The van der Waals surface area contributed by atoms with Crippen LogP contribution in [0.15, 0.2) is 70.6 Å². The third-order valence-electron chi connectivity index (χ3n) is 5.06. The molecule has 3 aromatic rings. The minimum atomic E-state index is -0.311. The first kappa shape index (κ1) is 24.3. The number of carbonyl (C=O) groups is 1. The second-order valence-electron chi connectivity index (χ2n) is 7.71. The average Bonchev–Trinajstić information content (AvgIpc) is 3.17. The number of thioether (sulfide) groups is 1. The van der Waals surface area contributed by atoms with Crippen LogP contribution in [0.3, 0.4) is 0 Å². The molecule has 0 aliphatic carbocycles. The van der Waals surface area contributed by atoms with Gasteiger partial charge in [-0.3, -0.25) is 4.79 Å². The predicted octanol–water partition coefficient (Wildman–Crippen LogP) is 6.01. The molecule has 6 nitrogen and oxygen atoms in total. The van der Waals surface area contributed by atoms with E-state index >= 15 is 0 Å². The van der Waals surface area contributed by atoms with E-state index in [9.17, 15) is 9.18 Å². The molecule has 0 radical (unpaired) electrons. The van der Waals surface area contributed by atoms with Crippen LogP contribution in [0.2, 0.25) is 0 Å². The summed E-state index contributed by atoms with van der Waals surface area (Å²) in [4.78, 5) is 17.6. The fourth-order valence-electron chi connectivity index (χ4n) is 3.42. The van der Waals surface area contributed by atoms with Crippen molar-refractivity contribution in [1.29, 1.82) is 0 Å². The molecule has 8 heteroatoms. The summed E-state index contributed by atoms with van der Waals surface area (Å²) in [6.45, 7) is 4.50. The van der Waals surface area contributed by atoms with Gasteiger partial charge in [-0.2, -0.15) is 0 Å². The Bertz CT molecular complexity index is 1310. The van der Waals surface area contributed by atoms with Crippen LogP contribution in [0.4, 0.5) is 10.1 Å². The van der Waals surface area contributed by atoms with Gasteiger partial charge in [0.05, 0.1) is 18.6 Å². The number of amides is 1. The zero-order chi connectivity index (χ0) is 24.8. The highest BCUT2D eigenvalue weighted by molar-refractivity contribution is 8.18. The van der Waals surface area contributed by atoms with Crippen molar-refractivity contribution in [3.05, 3.63) is 88.1 Å². The van der Waals surface area contributed by atoms with E-state index in [0.717, 1.165) is 16.7 Å². The highest BCUT2D eigenvalue weighted by atomic mass is 32.2. The molecule has 0 unspecified atom stereocenters. The Morgan fingerprint density at radius 2 is 1.86 bits per heavy atom. The molecule has 0 bridgehead atoms. The van der Waals surface area contributed by atoms with Gasteiger partial charge in [-0.05, 0) is 84.8 Å². The van der Waals surface area contributed by atoms with Crippen LogP contribution in [-0.4, -0.2) is 24.8 Å². The van der Waals surface area contributed by atoms with E-state index in [-0.39, 0.29) is 18.3 Å². The number of carbonyl (C=O) groups excluding carboxylic acids is 1. The Kier molecular flexibility index (Phi) is 7.72. The fourth-order valence-corrected chi connectivity index (χ4v) is 4.25. The summed E-state index contributed by atoms with van der Waals surface area (Å²) < 4.78 is 30.4. The topological polar surface area (TPSA) is 69.2 Å². The van der Waals surface area contributed by atoms with Crippen molar-refractivity contribution < 1.29 is 23.4 Å².